The van der Waals surface area contributed by atoms with E-state index in [-0.39, 0.29) is 29.5 Å². The average Bonchev–Trinajstić information content (AvgIpc) is 2.93. The zero-order chi connectivity index (χ0) is 19.0. The van der Waals surface area contributed by atoms with Crippen LogP contribution in [0.25, 0.3) is 0 Å². The van der Waals surface area contributed by atoms with Gasteiger partial charge in [0.25, 0.3) is 0 Å². The van der Waals surface area contributed by atoms with Gasteiger partial charge in [0.1, 0.15) is 5.82 Å². The summed E-state index contributed by atoms with van der Waals surface area (Å²) in [6.45, 7) is 0.988. The number of carbonyl (C=O) groups is 3. The van der Waals surface area contributed by atoms with Crippen LogP contribution in [0.1, 0.15) is 56.4 Å². The van der Waals surface area contributed by atoms with Gasteiger partial charge in [-0.2, -0.15) is 0 Å². The summed E-state index contributed by atoms with van der Waals surface area (Å²) in [4.78, 5) is 39.9. The number of carbonyl (C=O) groups excluding carboxylic acids is 3. The summed E-state index contributed by atoms with van der Waals surface area (Å²) in [6, 6.07) is 5.81. The van der Waals surface area contributed by atoms with E-state index in [0.29, 0.717) is 31.5 Å². The van der Waals surface area contributed by atoms with Crippen LogP contribution in [0.15, 0.2) is 24.3 Å². The quantitative estimate of drug-likeness (QED) is 0.812. The molecule has 0 radical (unpaired) electrons. The molecule has 2 heterocycles. The summed E-state index contributed by atoms with van der Waals surface area (Å²) in [6.07, 6.45) is 6.26. The highest BCUT2D eigenvalue weighted by Crippen LogP contribution is 2.48. The van der Waals surface area contributed by atoms with Crippen molar-refractivity contribution >= 4 is 17.7 Å². The number of imide groups is 1. The number of halogens is 1. The lowest BCUT2D eigenvalue weighted by Crippen LogP contribution is -2.49. The Morgan fingerprint density at radius 1 is 1.04 bits per heavy atom. The number of hydrogen-bond donors (Lipinski definition) is 1. The molecule has 1 aromatic rings. The van der Waals surface area contributed by atoms with E-state index in [1.807, 2.05) is 4.90 Å². The van der Waals surface area contributed by atoms with Gasteiger partial charge in [-0.3, -0.25) is 19.7 Å². The molecule has 1 aromatic carbocycles. The third-order valence-electron chi connectivity index (χ3n) is 6.63. The van der Waals surface area contributed by atoms with Gasteiger partial charge in [0.05, 0.1) is 11.3 Å². The van der Waals surface area contributed by atoms with Gasteiger partial charge in [-0.25, -0.2) is 4.39 Å². The fraction of sp³-hybridized carbons (Fsp3) is 0.571. The molecular weight excluding hydrogens is 347 g/mol. The summed E-state index contributed by atoms with van der Waals surface area (Å²) in [5.74, 6) is -1.25. The van der Waals surface area contributed by atoms with E-state index >= 15 is 0 Å². The SMILES string of the molecule is O=C1NC(=O)C2(CCN(C(=O)C3CCCCC3)CC2)C1c1ccc(F)cc1. The summed E-state index contributed by atoms with van der Waals surface area (Å²) < 4.78 is 13.3. The maximum absolute atomic E-state index is 13.3. The van der Waals surface area contributed by atoms with E-state index in [0.717, 1.165) is 25.7 Å². The monoisotopic (exact) mass is 372 g/mol. The van der Waals surface area contributed by atoms with Crippen molar-refractivity contribution in [1.82, 2.24) is 10.2 Å². The van der Waals surface area contributed by atoms with Gasteiger partial charge >= 0.3 is 0 Å². The minimum absolute atomic E-state index is 0.111. The van der Waals surface area contributed by atoms with Crippen LogP contribution in [0.2, 0.25) is 0 Å². The Labute approximate surface area is 158 Å². The van der Waals surface area contributed by atoms with Crippen molar-refractivity contribution in [1.29, 1.82) is 0 Å². The van der Waals surface area contributed by atoms with Crippen molar-refractivity contribution in [2.45, 2.75) is 50.9 Å². The van der Waals surface area contributed by atoms with Crippen molar-refractivity contribution in [2.24, 2.45) is 11.3 Å². The molecular formula is C21H25FN2O3. The van der Waals surface area contributed by atoms with Gasteiger partial charge in [-0.15, -0.1) is 0 Å². The molecule has 0 bridgehead atoms. The predicted octanol–water partition coefficient (Wildman–Crippen LogP) is 2.75. The summed E-state index contributed by atoms with van der Waals surface area (Å²) in [7, 11) is 0. The second kappa shape index (κ2) is 7.06. The van der Waals surface area contributed by atoms with Crippen LogP contribution in [-0.4, -0.2) is 35.7 Å². The van der Waals surface area contributed by atoms with Gasteiger partial charge in [0.2, 0.25) is 17.7 Å². The molecule has 2 saturated heterocycles. The molecule has 3 amide bonds. The molecule has 3 aliphatic rings. The lowest BCUT2D eigenvalue weighted by molar-refractivity contribution is -0.142. The number of likely N-dealkylation sites (tertiary alicyclic amines) is 1. The van der Waals surface area contributed by atoms with Gasteiger partial charge in [-0.05, 0) is 43.4 Å². The molecule has 4 rings (SSSR count). The van der Waals surface area contributed by atoms with Gasteiger partial charge < -0.3 is 4.90 Å². The topological polar surface area (TPSA) is 66.5 Å². The Bertz CT molecular complexity index is 747. The lowest BCUT2D eigenvalue weighted by atomic mass is 9.67. The van der Waals surface area contributed by atoms with Crippen molar-refractivity contribution < 1.29 is 18.8 Å². The van der Waals surface area contributed by atoms with Crippen LogP contribution in [0.3, 0.4) is 0 Å². The first kappa shape index (κ1) is 18.1. The van der Waals surface area contributed by atoms with Crippen LogP contribution in [0, 0.1) is 17.2 Å². The second-order valence-electron chi connectivity index (χ2n) is 8.12. The number of nitrogens with zero attached hydrogens (tertiary/aromatic N) is 1. The predicted molar refractivity (Wildman–Crippen MR) is 97.1 cm³/mol. The molecule has 0 aromatic heterocycles. The standard InChI is InChI=1S/C21H25FN2O3/c22-16-8-6-14(7-9-16)17-18(25)23-20(27)21(17)10-12-24(13-11-21)19(26)15-4-2-1-3-5-15/h6-9,15,17H,1-5,10-13H2,(H,23,25,27). The van der Waals surface area contributed by atoms with Crippen molar-refractivity contribution in [3.8, 4) is 0 Å². The Morgan fingerprint density at radius 3 is 2.30 bits per heavy atom. The minimum Gasteiger partial charge on any atom is -0.342 e. The van der Waals surface area contributed by atoms with Crippen molar-refractivity contribution in [3.05, 3.63) is 35.6 Å². The Kier molecular flexibility index (Phi) is 4.74. The molecule has 1 N–H and O–H groups in total. The Balaban J connectivity index is 1.52. The van der Waals surface area contributed by atoms with Crippen molar-refractivity contribution in [2.75, 3.05) is 13.1 Å². The van der Waals surface area contributed by atoms with E-state index in [9.17, 15) is 18.8 Å². The van der Waals surface area contributed by atoms with Crippen LogP contribution >= 0.6 is 0 Å². The zero-order valence-corrected chi connectivity index (χ0v) is 15.4. The number of benzene rings is 1. The minimum atomic E-state index is -0.835. The van der Waals surface area contributed by atoms with Crippen LogP contribution in [0.4, 0.5) is 4.39 Å². The highest BCUT2D eigenvalue weighted by Gasteiger charge is 2.57. The molecule has 5 nitrogen and oxygen atoms in total. The van der Waals surface area contributed by atoms with E-state index in [2.05, 4.69) is 5.32 Å². The maximum atomic E-state index is 13.3. The van der Waals surface area contributed by atoms with Crippen LogP contribution < -0.4 is 5.32 Å². The molecule has 1 saturated carbocycles. The largest absolute Gasteiger partial charge is 0.342 e. The molecule has 27 heavy (non-hydrogen) atoms. The molecule has 1 aliphatic carbocycles. The number of piperidine rings is 1. The van der Waals surface area contributed by atoms with E-state index in [1.165, 1.54) is 18.6 Å². The van der Waals surface area contributed by atoms with Crippen LogP contribution in [-0.2, 0) is 14.4 Å². The molecule has 3 fully saturated rings. The van der Waals surface area contributed by atoms with E-state index < -0.39 is 11.3 Å². The third-order valence-corrected chi connectivity index (χ3v) is 6.63. The fourth-order valence-electron chi connectivity index (χ4n) is 5.07. The molecule has 1 spiro atoms. The van der Waals surface area contributed by atoms with Gasteiger partial charge in [-0.1, -0.05) is 31.4 Å². The van der Waals surface area contributed by atoms with E-state index in [4.69, 9.17) is 0 Å². The molecule has 1 unspecified atom stereocenters. The number of amides is 3. The first-order valence-electron chi connectivity index (χ1n) is 9.91. The second-order valence-corrected chi connectivity index (χ2v) is 8.12. The van der Waals surface area contributed by atoms with Crippen molar-refractivity contribution in [3.63, 3.8) is 0 Å². The Morgan fingerprint density at radius 2 is 1.67 bits per heavy atom. The maximum Gasteiger partial charge on any atom is 0.235 e. The summed E-state index contributed by atoms with van der Waals surface area (Å²) in [5.41, 5.74) is -0.176. The molecule has 1 atom stereocenters. The normalized spacial score (nSPS) is 25.7. The summed E-state index contributed by atoms with van der Waals surface area (Å²) in [5, 5.41) is 2.47. The molecule has 144 valence electrons. The number of rotatable bonds is 2. The number of nitrogens with one attached hydrogen (secondary N) is 1. The van der Waals surface area contributed by atoms with Crippen LogP contribution in [0.5, 0.6) is 0 Å². The zero-order valence-electron chi connectivity index (χ0n) is 15.4. The smallest absolute Gasteiger partial charge is 0.235 e. The number of hydrogen-bond acceptors (Lipinski definition) is 3. The lowest BCUT2D eigenvalue weighted by Gasteiger charge is -2.41. The summed E-state index contributed by atoms with van der Waals surface area (Å²) >= 11 is 0. The highest BCUT2D eigenvalue weighted by atomic mass is 19.1. The van der Waals surface area contributed by atoms with Gasteiger partial charge in [0.15, 0.2) is 0 Å². The fourth-order valence-corrected chi connectivity index (χ4v) is 5.07. The molecule has 6 heteroatoms. The third kappa shape index (κ3) is 3.15. The highest BCUT2D eigenvalue weighted by molar-refractivity contribution is 6.10. The average molecular weight is 372 g/mol. The molecule has 2 aliphatic heterocycles. The van der Waals surface area contributed by atoms with E-state index in [1.54, 1.807) is 12.1 Å². The Hall–Kier alpha value is -2.24. The first-order chi connectivity index (χ1) is 13.0. The van der Waals surface area contributed by atoms with Gasteiger partial charge in [0, 0.05) is 19.0 Å². The first-order valence-corrected chi connectivity index (χ1v) is 9.91.